The van der Waals surface area contributed by atoms with Crippen LogP contribution in [0.15, 0.2) is 24.3 Å². The lowest BCUT2D eigenvalue weighted by molar-refractivity contribution is 0.102. The van der Waals surface area contributed by atoms with Crippen molar-refractivity contribution >= 4 is 27.9 Å². The minimum atomic E-state index is -0.320. The second-order valence-electron chi connectivity index (χ2n) is 5.50. The molecule has 0 N–H and O–H groups in total. The summed E-state index contributed by atoms with van der Waals surface area (Å²) in [4.78, 5) is 16.7. The summed E-state index contributed by atoms with van der Waals surface area (Å²) in [6.45, 7) is 5.17. The van der Waals surface area contributed by atoms with Crippen molar-refractivity contribution in [1.29, 1.82) is 0 Å². The van der Waals surface area contributed by atoms with E-state index in [0.29, 0.717) is 26.5 Å². The van der Waals surface area contributed by atoms with Crippen molar-refractivity contribution in [3.05, 3.63) is 51.8 Å². The third-order valence-corrected chi connectivity index (χ3v) is 4.97. The molecule has 0 unspecified atom stereocenters. The molecule has 0 aliphatic heterocycles. The molecule has 0 radical (unpaired) electrons. The number of aryl methyl sites for hydroxylation is 2. The van der Waals surface area contributed by atoms with Crippen molar-refractivity contribution in [2.45, 2.75) is 20.8 Å². The molecule has 0 aliphatic carbocycles. The van der Waals surface area contributed by atoms with E-state index in [4.69, 9.17) is 6.42 Å². The molecule has 0 atom stereocenters. The van der Waals surface area contributed by atoms with Crippen molar-refractivity contribution < 1.29 is 9.18 Å². The molecule has 114 valence electrons. The Balaban J connectivity index is 2.29. The molecule has 3 rings (SSSR count). The third kappa shape index (κ3) is 2.64. The summed E-state index contributed by atoms with van der Waals surface area (Å²) in [6.07, 6.45) is 5.57. The Morgan fingerprint density at radius 2 is 2.00 bits per heavy atom. The van der Waals surface area contributed by atoms with Crippen LogP contribution in [-0.2, 0) is 0 Å². The van der Waals surface area contributed by atoms with Crippen molar-refractivity contribution in [1.82, 2.24) is 4.98 Å². The van der Waals surface area contributed by atoms with Gasteiger partial charge in [-0.25, -0.2) is 9.37 Å². The lowest BCUT2D eigenvalue weighted by atomic mass is 9.99. The molecule has 4 heteroatoms. The first kappa shape index (κ1) is 15.4. The van der Waals surface area contributed by atoms with Gasteiger partial charge in [0.15, 0.2) is 5.78 Å². The van der Waals surface area contributed by atoms with Gasteiger partial charge in [-0.1, -0.05) is 12.0 Å². The molecular formula is C19H14FNOS. The zero-order chi connectivity index (χ0) is 16.7. The van der Waals surface area contributed by atoms with Crippen LogP contribution in [0.3, 0.4) is 0 Å². The number of hydrogen-bond donors (Lipinski definition) is 0. The number of terminal acetylenes is 1. The molecule has 0 saturated heterocycles. The van der Waals surface area contributed by atoms with Crippen molar-refractivity contribution in [2.24, 2.45) is 0 Å². The van der Waals surface area contributed by atoms with E-state index in [1.54, 1.807) is 6.07 Å². The number of rotatable bonds is 2. The standard InChI is InChI=1S/C19H14FNOS/c1-5-13-8-15(19-21-11(3)18(23-19)12(4)22)9-14-6-10(2)7-16(20)17(13)14/h1,6-9H,2-4H3. The zero-order valence-corrected chi connectivity index (χ0v) is 13.8. The van der Waals surface area contributed by atoms with Gasteiger partial charge >= 0.3 is 0 Å². The summed E-state index contributed by atoms with van der Waals surface area (Å²) in [5, 5.41) is 1.90. The predicted octanol–water partition coefficient (Wildman–Crippen LogP) is 4.90. The first-order valence-corrected chi connectivity index (χ1v) is 7.91. The number of aromatic nitrogens is 1. The van der Waals surface area contributed by atoms with Gasteiger partial charge in [0.05, 0.1) is 10.6 Å². The number of carbonyl (C=O) groups excluding carboxylic acids is 1. The maximum absolute atomic E-state index is 14.2. The summed E-state index contributed by atoms with van der Waals surface area (Å²) in [5.74, 6) is 2.23. The molecule has 0 fully saturated rings. The van der Waals surface area contributed by atoms with Crippen LogP contribution in [0.1, 0.15) is 33.4 Å². The summed E-state index contributed by atoms with van der Waals surface area (Å²) in [5.41, 5.74) is 2.83. The first-order valence-electron chi connectivity index (χ1n) is 7.10. The quantitative estimate of drug-likeness (QED) is 0.496. The third-order valence-electron chi connectivity index (χ3n) is 3.66. The fraction of sp³-hybridized carbons (Fsp3) is 0.158. The highest BCUT2D eigenvalue weighted by Gasteiger charge is 2.15. The molecule has 0 amide bonds. The van der Waals surface area contributed by atoms with Gasteiger partial charge in [-0.2, -0.15) is 0 Å². The van der Waals surface area contributed by atoms with Gasteiger partial charge in [-0.3, -0.25) is 4.79 Å². The normalized spacial score (nSPS) is 10.7. The fourth-order valence-electron chi connectivity index (χ4n) is 2.69. The van der Waals surface area contributed by atoms with E-state index in [2.05, 4.69) is 10.9 Å². The Morgan fingerprint density at radius 3 is 2.61 bits per heavy atom. The number of thiazole rings is 1. The van der Waals surface area contributed by atoms with Gasteiger partial charge in [0.25, 0.3) is 0 Å². The van der Waals surface area contributed by atoms with Gasteiger partial charge in [0.2, 0.25) is 0 Å². The number of carbonyl (C=O) groups is 1. The molecular weight excluding hydrogens is 309 g/mol. The van der Waals surface area contributed by atoms with Gasteiger partial charge < -0.3 is 0 Å². The lowest BCUT2D eigenvalue weighted by Crippen LogP contribution is -1.90. The van der Waals surface area contributed by atoms with Crippen molar-refractivity contribution in [3.63, 3.8) is 0 Å². The molecule has 1 heterocycles. The Labute approximate surface area is 138 Å². The number of ketones is 1. The minimum Gasteiger partial charge on any atom is -0.294 e. The van der Waals surface area contributed by atoms with Gasteiger partial charge in [0, 0.05) is 23.4 Å². The smallest absolute Gasteiger partial charge is 0.171 e. The van der Waals surface area contributed by atoms with Crippen LogP contribution in [0.5, 0.6) is 0 Å². The maximum atomic E-state index is 14.2. The van der Waals surface area contributed by atoms with Crippen molar-refractivity contribution in [3.8, 4) is 22.9 Å². The van der Waals surface area contributed by atoms with E-state index < -0.39 is 0 Å². The van der Waals surface area contributed by atoms with Gasteiger partial charge in [0.1, 0.15) is 10.8 Å². The van der Waals surface area contributed by atoms with E-state index >= 15 is 0 Å². The molecule has 0 aliphatic rings. The number of nitrogens with zero attached hydrogens (tertiary/aromatic N) is 1. The van der Waals surface area contributed by atoms with E-state index in [0.717, 1.165) is 16.5 Å². The maximum Gasteiger partial charge on any atom is 0.171 e. The Bertz CT molecular complexity index is 995. The summed E-state index contributed by atoms with van der Waals surface area (Å²) < 4.78 is 14.2. The SMILES string of the molecule is C#Cc1cc(-c2nc(C)c(C(C)=O)s2)cc2cc(C)cc(F)c12. The molecule has 23 heavy (non-hydrogen) atoms. The minimum absolute atomic E-state index is 0.00824. The summed E-state index contributed by atoms with van der Waals surface area (Å²) in [6, 6.07) is 7.00. The van der Waals surface area contributed by atoms with Crippen LogP contribution in [0.25, 0.3) is 21.3 Å². The Morgan fingerprint density at radius 1 is 1.26 bits per heavy atom. The number of Topliss-reactive ketones (excluding diaryl/α,β-unsaturated/α-hetero) is 1. The Kier molecular flexibility index (Phi) is 3.75. The molecule has 0 saturated carbocycles. The number of halogens is 1. The predicted molar refractivity (Wildman–Crippen MR) is 92.4 cm³/mol. The first-order chi connectivity index (χ1) is 10.9. The van der Waals surface area contributed by atoms with Crippen LogP contribution in [0.2, 0.25) is 0 Å². The fourth-order valence-corrected chi connectivity index (χ4v) is 3.64. The molecule has 2 aromatic carbocycles. The van der Waals surface area contributed by atoms with E-state index in [1.165, 1.54) is 24.3 Å². The molecule has 1 aromatic heterocycles. The average Bonchev–Trinajstić information content (AvgIpc) is 2.87. The highest BCUT2D eigenvalue weighted by Crippen LogP contribution is 2.33. The molecule has 0 bridgehead atoms. The van der Waals surface area contributed by atoms with Crippen LogP contribution < -0.4 is 0 Å². The highest BCUT2D eigenvalue weighted by atomic mass is 32.1. The molecule has 0 spiro atoms. The lowest BCUT2D eigenvalue weighted by Gasteiger charge is -2.07. The van der Waals surface area contributed by atoms with Crippen molar-refractivity contribution in [2.75, 3.05) is 0 Å². The van der Waals surface area contributed by atoms with E-state index in [1.807, 2.05) is 26.0 Å². The van der Waals surface area contributed by atoms with Gasteiger partial charge in [-0.15, -0.1) is 17.8 Å². The second-order valence-corrected chi connectivity index (χ2v) is 6.50. The van der Waals surface area contributed by atoms with E-state index in [9.17, 15) is 9.18 Å². The van der Waals surface area contributed by atoms with Crippen LogP contribution in [0.4, 0.5) is 4.39 Å². The highest BCUT2D eigenvalue weighted by molar-refractivity contribution is 7.17. The second kappa shape index (κ2) is 5.60. The van der Waals surface area contributed by atoms with E-state index in [-0.39, 0.29) is 11.6 Å². The molecule has 3 aromatic rings. The number of benzene rings is 2. The number of fused-ring (bicyclic) bond motifs is 1. The zero-order valence-electron chi connectivity index (χ0n) is 13.0. The average molecular weight is 323 g/mol. The monoisotopic (exact) mass is 323 g/mol. The largest absolute Gasteiger partial charge is 0.294 e. The van der Waals surface area contributed by atoms with Crippen LogP contribution in [-0.4, -0.2) is 10.8 Å². The van der Waals surface area contributed by atoms with Crippen LogP contribution in [0, 0.1) is 32.0 Å². The van der Waals surface area contributed by atoms with Gasteiger partial charge in [-0.05, 0) is 43.0 Å². The topological polar surface area (TPSA) is 30.0 Å². The molecule has 2 nitrogen and oxygen atoms in total. The Hall–Kier alpha value is -2.51. The van der Waals surface area contributed by atoms with Crippen LogP contribution >= 0.6 is 11.3 Å². The summed E-state index contributed by atoms with van der Waals surface area (Å²) >= 11 is 1.33. The summed E-state index contributed by atoms with van der Waals surface area (Å²) in [7, 11) is 0. The number of hydrogen-bond acceptors (Lipinski definition) is 3.